The summed E-state index contributed by atoms with van der Waals surface area (Å²) in [6, 6.07) is 43.1. The van der Waals surface area contributed by atoms with Gasteiger partial charge < -0.3 is 28.4 Å². The van der Waals surface area contributed by atoms with Crippen LogP contribution in [0.5, 0.6) is 34.5 Å². The molecule has 0 N–H and O–H groups in total. The molecule has 0 unspecified atom stereocenters. The van der Waals surface area contributed by atoms with Gasteiger partial charge in [-0.3, -0.25) is 0 Å². The Bertz CT molecular complexity index is 3540. The highest BCUT2D eigenvalue weighted by Gasteiger charge is 2.16. The largest absolute Gasteiger partial charge is 0.490 e. The summed E-state index contributed by atoms with van der Waals surface area (Å²) in [6.07, 6.45) is 68.7. The SMILES string of the molecule is CCCCCCCCCCCOc1ccc(C#Cc2ccc(-c3nc(-c4ccc(C#Cc5ccc(OCCCCCCCCCCC)c(OCCCCCCCCCCC)c5)cc4)nc(-c4ccc(C#Cc5ccc(OCCCCCCCCCCC)c(OCCCCCCCCCCC)c5)cc4)n3)cc2)cc1OCCCCCCCCCCC. The number of hydrogen-bond donors (Lipinski definition) is 0. The molecule has 9 heteroatoms. The molecule has 0 aliphatic heterocycles. The van der Waals surface area contributed by atoms with Crippen LogP contribution in [0, 0.1) is 35.5 Å². The predicted octanol–water partition coefficient (Wildman–Crippen LogP) is 32.5. The van der Waals surface area contributed by atoms with E-state index in [1.165, 1.54) is 308 Å². The standard InChI is InChI=1S/C111H159N3O6/c1-7-13-19-25-31-37-43-49-55-85-115-103-82-73-97(91-106(103)118-88-58-52-46-40-34-28-22-16-10-4)64-61-94-67-76-100(77-68-94)109-112-110(101-78-69-95(70-79-101)62-65-98-74-83-104(116-86-56-50-44-38-32-26-20-14-8-2)107(92-98)119-89-59-53-47-41-35-29-23-17-11-5)114-111(113-109)102-80-71-96(72-81-102)63-66-99-75-84-105(117-87-57-51-45-39-33-27-21-15-9-3)108(93-99)120-90-60-54-48-42-36-30-24-18-12-6/h67-84,91-93H,7-60,85-90H2,1-6H3. The molecule has 7 rings (SSSR count). The zero-order valence-electron chi connectivity index (χ0n) is 76.3. The van der Waals surface area contributed by atoms with Gasteiger partial charge in [0.15, 0.2) is 52.0 Å². The molecule has 0 bridgehead atoms. The third-order valence-electron chi connectivity index (χ3n) is 23.0. The van der Waals surface area contributed by atoms with E-state index in [4.69, 9.17) is 43.4 Å². The van der Waals surface area contributed by atoms with Gasteiger partial charge in [-0.05, 0) is 166 Å². The molecular formula is C111H159N3O6. The van der Waals surface area contributed by atoms with Crippen LogP contribution < -0.4 is 28.4 Å². The Hall–Kier alpha value is -8.19. The van der Waals surface area contributed by atoms with Crippen LogP contribution in [-0.2, 0) is 0 Å². The zero-order valence-corrected chi connectivity index (χ0v) is 76.3. The van der Waals surface area contributed by atoms with Gasteiger partial charge in [-0.1, -0.05) is 385 Å². The molecule has 7 aromatic rings. The highest BCUT2D eigenvalue weighted by atomic mass is 16.5. The van der Waals surface area contributed by atoms with Crippen molar-refractivity contribution in [2.24, 2.45) is 0 Å². The molecule has 0 saturated heterocycles. The first-order chi connectivity index (χ1) is 59.4. The highest BCUT2D eigenvalue weighted by Crippen LogP contribution is 2.34. The molecule has 0 atom stereocenters. The van der Waals surface area contributed by atoms with Crippen molar-refractivity contribution in [3.8, 4) is 104 Å². The lowest BCUT2D eigenvalue weighted by molar-refractivity contribution is 0.258. The van der Waals surface area contributed by atoms with Gasteiger partial charge in [0.2, 0.25) is 0 Å². The average Bonchev–Trinajstić information content (AvgIpc) is 0.796. The summed E-state index contributed by atoms with van der Waals surface area (Å²) in [5.74, 6) is 27.1. The summed E-state index contributed by atoms with van der Waals surface area (Å²) in [5.41, 5.74) is 7.83. The molecule has 6 aromatic carbocycles. The van der Waals surface area contributed by atoms with Gasteiger partial charge in [0.1, 0.15) is 0 Å². The number of ether oxygens (including phenoxy) is 6. The molecule has 0 fully saturated rings. The zero-order chi connectivity index (χ0) is 84.3. The normalized spacial score (nSPS) is 11.1. The van der Waals surface area contributed by atoms with Gasteiger partial charge in [0, 0.05) is 50.1 Å². The summed E-state index contributed by atoms with van der Waals surface area (Å²) in [6.45, 7) is 17.7. The van der Waals surface area contributed by atoms with E-state index in [0.717, 1.165) is 123 Å². The number of benzene rings is 6. The lowest BCUT2D eigenvalue weighted by Crippen LogP contribution is -2.03. The average molecular weight is 1630 g/mol. The topological polar surface area (TPSA) is 94.1 Å². The molecule has 0 saturated carbocycles. The molecule has 9 nitrogen and oxygen atoms in total. The van der Waals surface area contributed by atoms with Crippen molar-refractivity contribution >= 4 is 0 Å². The summed E-state index contributed by atoms with van der Waals surface area (Å²) in [4.78, 5) is 15.6. The number of hydrogen-bond acceptors (Lipinski definition) is 9. The molecule has 0 aliphatic rings. The maximum atomic E-state index is 6.53. The summed E-state index contributed by atoms with van der Waals surface area (Å²) in [7, 11) is 0. The second kappa shape index (κ2) is 66.4. The van der Waals surface area contributed by atoms with Gasteiger partial charge in [0.25, 0.3) is 0 Å². The minimum absolute atomic E-state index is 0.557. The fourth-order valence-corrected chi connectivity index (χ4v) is 15.3. The monoisotopic (exact) mass is 1630 g/mol. The Morgan fingerprint density at radius 1 is 0.167 bits per heavy atom. The molecule has 0 radical (unpaired) electrons. The van der Waals surface area contributed by atoms with Crippen molar-refractivity contribution in [1.82, 2.24) is 15.0 Å². The van der Waals surface area contributed by atoms with Crippen molar-refractivity contribution in [2.45, 2.75) is 388 Å². The fraction of sp³-hybridized carbons (Fsp3) is 0.595. The number of rotatable bonds is 69. The fourth-order valence-electron chi connectivity index (χ4n) is 15.3. The molecule has 0 aliphatic carbocycles. The molecule has 120 heavy (non-hydrogen) atoms. The van der Waals surface area contributed by atoms with E-state index in [9.17, 15) is 0 Å². The minimum atomic E-state index is 0.557. The third-order valence-corrected chi connectivity index (χ3v) is 23.0. The van der Waals surface area contributed by atoms with Crippen LogP contribution in [0.1, 0.15) is 422 Å². The van der Waals surface area contributed by atoms with E-state index < -0.39 is 0 Å². The van der Waals surface area contributed by atoms with E-state index in [-0.39, 0.29) is 0 Å². The van der Waals surface area contributed by atoms with E-state index in [0.29, 0.717) is 57.1 Å². The first-order valence-corrected chi connectivity index (χ1v) is 49.2. The Balaban J connectivity index is 1.11. The van der Waals surface area contributed by atoms with Crippen LogP contribution in [0.15, 0.2) is 127 Å². The smallest absolute Gasteiger partial charge is 0.164 e. The first kappa shape index (κ1) is 98.9. The van der Waals surface area contributed by atoms with Crippen LogP contribution in [0.25, 0.3) is 34.2 Å². The lowest BCUT2D eigenvalue weighted by Gasteiger charge is -2.13. The van der Waals surface area contributed by atoms with Gasteiger partial charge in [0.05, 0.1) is 39.6 Å². The molecular weight excluding hydrogens is 1470 g/mol. The maximum absolute atomic E-state index is 6.53. The van der Waals surface area contributed by atoms with E-state index in [2.05, 4.69) is 186 Å². The van der Waals surface area contributed by atoms with Crippen LogP contribution in [0.4, 0.5) is 0 Å². The van der Waals surface area contributed by atoms with Gasteiger partial charge >= 0.3 is 0 Å². The van der Waals surface area contributed by atoms with Crippen LogP contribution in [-0.4, -0.2) is 54.6 Å². The van der Waals surface area contributed by atoms with Crippen molar-refractivity contribution in [3.05, 3.63) is 161 Å². The Morgan fingerprint density at radius 3 is 0.500 bits per heavy atom. The Morgan fingerprint density at radius 2 is 0.317 bits per heavy atom. The van der Waals surface area contributed by atoms with Crippen molar-refractivity contribution in [2.75, 3.05) is 39.6 Å². The molecule has 1 aromatic heterocycles. The second-order valence-electron chi connectivity index (χ2n) is 33.8. The van der Waals surface area contributed by atoms with Crippen LogP contribution in [0.2, 0.25) is 0 Å². The number of unbranched alkanes of at least 4 members (excludes halogenated alkanes) is 48. The predicted molar refractivity (Wildman–Crippen MR) is 510 cm³/mol. The summed E-state index contributed by atoms with van der Waals surface area (Å²) in [5, 5.41) is 0. The van der Waals surface area contributed by atoms with Crippen LogP contribution in [0.3, 0.4) is 0 Å². The lowest BCUT2D eigenvalue weighted by atomic mass is 10.1. The van der Waals surface area contributed by atoms with Crippen molar-refractivity contribution in [1.29, 1.82) is 0 Å². The molecule has 654 valence electrons. The quantitative estimate of drug-likeness (QED) is 0.0273. The van der Waals surface area contributed by atoms with E-state index in [1.807, 2.05) is 18.2 Å². The Kier molecular flexibility index (Phi) is 54.8. The maximum Gasteiger partial charge on any atom is 0.164 e. The molecule has 0 amide bonds. The Labute approximate surface area is 731 Å². The van der Waals surface area contributed by atoms with Gasteiger partial charge in [-0.15, -0.1) is 0 Å². The van der Waals surface area contributed by atoms with Crippen LogP contribution >= 0.6 is 0 Å². The second-order valence-corrected chi connectivity index (χ2v) is 33.8. The highest BCUT2D eigenvalue weighted by molar-refractivity contribution is 5.68. The summed E-state index contributed by atoms with van der Waals surface area (Å²) >= 11 is 0. The van der Waals surface area contributed by atoms with Gasteiger partial charge in [-0.2, -0.15) is 0 Å². The van der Waals surface area contributed by atoms with E-state index in [1.54, 1.807) is 0 Å². The first-order valence-electron chi connectivity index (χ1n) is 49.2. The third kappa shape index (κ3) is 44.0. The summed E-state index contributed by atoms with van der Waals surface area (Å²) < 4.78 is 38.9. The van der Waals surface area contributed by atoms with Crippen molar-refractivity contribution in [3.63, 3.8) is 0 Å². The minimum Gasteiger partial charge on any atom is -0.490 e. The molecule has 0 spiro atoms. The van der Waals surface area contributed by atoms with Crippen molar-refractivity contribution < 1.29 is 28.4 Å². The number of aromatic nitrogens is 3. The van der Waals surface area contributed by atoms with Gasteiger partial charge in [-0.25, -0.2) is 15.0 Å². The van der Waals surface area contributed by atoms with E-state index >= 15 is 0 Å². The molecule has 1 heterocycles. The number of nitrogens with zero attached hydrogens (tertiary/aromatic N) is 3.